The van der Waals surface area contributed by atoms with Crippen molar-refractivity contribution in [1.29, 1.82) is 0 Å². The number of nitrogens with zero attached hydrogens (tertiary/aromatic N) is 3. The molecule has 2 heterocycles. The maximum absolute atomic E-state index is 12.4. The van der Waals surface area contributed by atoms with Crippen LogP contribution in [0.3, 0.4) is 0 Å². The number of rotatable bonds is 4. The second kappa shape index (κ2) is 6.92. The van der Waals surface area contributed by atoms with Crippen molar-refractivity contribution in [3.8, 4) is 11.4 Å². The third kappa shape index (κ3) is 3.35. The summed E-state index contributed by atoms with van der Waals surface area (Å²) in [6.45, 7) is 3.15. The topological polar surface area (TPSA) is 59.2 Å². The van der Waals surface area contributed by atoms with E-state index in [2.05, 4.69) is 10.1 Å². The Morgan fingerprint density at radius 1 is 1.19 bits per heavy atom. The molecule has 1 aromatic heterocycles. The highest BCUT2D eigenvalue weighted by atomic mass is 35.5. The van der Waals surface area contributed by atoms with Gasteiger partial charge in [-0.1, -0.05) is 53.2 Å². The molecule has 1 atom stereocenters. The van der Waals surface area contributed by atoms with E-state index in [4.69, 9.17) is 16.1 Å². The van der Waals surface area contributed by atoms with Crippen LogP contribution in [-0.4, -0.2) is 27.5 Å². The van der Waals surface area contributed by atoms with Crippen LogP contribution in [-0.2, 0) is 11.3 Å². The van der Waals surface area contributed by atoms with Gasteiger partial charge >= 0.3 is 0 Å². The molecule has 1 unspecified atom stereocenters. The van der Waals surface area contributed by atoms with E-state index in [-0.39, 0.29) is 11.8 Å². The van der Waals surface area contributed by atoms with Gasteiger partial charge in [-0.2, -0.15) is 4.98 Å². The fraction of sp³-hybridized carbons (Fsp3) is 0.250. The summed E-state index contributed by atoms with van der Waals surface area (Å²) in [4.78, 5) is 18.7. The van der Waals surface area contributed by atoms with Crippen LogP contribution in [0.1, 0.15) is 29.4 Å². The predicted molar refractivity (Wildman–Crippen MR) is 98.7 cm³/mol. The lowest BCUT2D eigenvalue weighted by Gasteiger charge is -2.16. The zero-order valence-electron chi connectivity index (χ0n) is 14.4. The molecule has 1 saturated heterocycles. The maximum atomic E-state index is 12.4. The molecular weight excluding hydrogens is 350 g/mol. The zero-order valence-corrected chi connectivity index (χ0v) is 15.1. The van der Waals surface area contributed by atoms with Crippen molar-refractivity contribution in [2.75, 3.05) is 6.54 Å². The first-order valence-corrected chi connectivity index (χ1v) is 8.90. The number of likely N-dealkylation sites (tertiary alicyclic amines) is 1. The molecule has 3 aromatic rings. The second-order valence-corrected chi connectivity index (χ2v) is 7.01. The first-order chi connectivity index (χ1) is 12.6. The van der Waals surface area contributed by atoms with E-state index in [1.165, 1.54) is 0 Å². The van der Waals surface area contributed by atoms with E-state index >= 15 is 0 Å². The molecule has 4 rings (SSSR count). The lowest BCUT2D eigenvalue weighted by molar-refractivity contribution is -0.128. The molecule has 1 amide bonds. The molecule has 1 aliphatic heterocycles. The van der Waals surface area contributed by atoms with E-state index in [9.17, 15) is 4.79 Å². The minimum atomic E-state index is -0.0694. The van der Waals surface area contributed by atoms with E-state index in [1.807, 2.05) is 60.4 Å². The summed E-state index contributed by atoms with van der Waals surface area (Å²) in [5.74, 6) is 1.12. The molecule has 0 N–H and O–H groups in total. The Hall–Kier alpha value is -2.66. The monoisotopic (exact) mass is 367 g/mol. The van der Waals surface area contributed by atoms with Crippen LogP contribution in [0.4, 0.5) is 0 Å². The standard InChI is InChI=1S/C20H18ClN3O2/c1-13-4-2-3-5-17(13)19-22-20(26-23-19)15-10-18(25)24(12-15)11-14-6-8-16(21)9-7-14/h2-9,15H,10-12H2,1H3. The molecule has 26 heavy (non-hydrogen) atoms. The molecule has 6 heteroatoms. The first kappa shape index (κ1) is 16.8. The van der Waals surface area contributed by atoms with Crippen LogP contribution < -0.4 is 0 Å². The predicted octanol–water partition coefficient (Wildman–Crippen LogP) is 4.21. The molecule has 0 aliphatic carbocycles. The summed E-state index contributed by atoms with van der Waals surface area (Å²) in [7, 11) is 0. The van der Waals surface area contributed by atoms with Crippen molar-refractivity contribution in [3.63, 3.8) is 0 Å². The number of aromatic nitrogens is 2. The molecule has 2 aromatic carbocycles. The highest BCUT2D eigenvalue weighted by Crippen LogP contribution is 2.30. The van der Waals surface area contributed by atoms with Crippen LogP contribution in [0.5, 0.6) is 0 Å². The van der Waals surface area contributed by atoms with Gasteiger partial charge < -0.3 is 9.42 Å². The Morgan fingerprint density at radius 3 is 2.73 bits per heavy atom. The SMILES string of the molecule is Cc1ccccc1-c1noc(C2CC(=O)N(Cc3ccc(Cl)cc3)C2)n1. The Morgan fingerprint density at radius 2 is 1.96 bits per heavy atom. The average Bonchev–Trinajstić information content (AvgIpc) is 3.25. The Bertz CT molecular complexity index is 936. The number of hydrogen-bond acceptors (Lipinski definition) is 4. The second-order valence-electron chi connectivity index (χ2n) is 6.57. The minimum absolute atomic E-state index is 0.0694. The zero-order chi connectivity index (χ0) is 18.1. The Labute approximate surface area is 156 Å². The highest BCUT2D eigenvalue weighted by Gasteiger charge is 2.34. The summed E-state index contributed by atoms with van der Waals surface area (Å²) >= 11 is 5.92. The molecule has 0 radical (unpaired) electrons. The lowest BCUT2D eigenvalue weighted by Crippen LogP contribution is -2.24. The molecule has 0 spiro atoms. The number of aryl methyl sites for hydroxylation is 1. The number of amides is 1. The molecule has 0 saturated carbocycles. The van der Waals surface area contributed by atoms with Gasteiger partial charge in [0.25, 0.3) is 0 Å². The normalized spacial score (nSPS) is 17.1. The molecule has 0 bridgehead atoms. The number of benzene rings is 2. The maximum Gasteiger partial charge on any atom is 0.232 e. The third-order valence-electron chi connectivity index (χ3n) is 4.68. The minimum Gasteiger partial charge on any atom is -0.339 e. The van der Waals surface area contributed by atoms with Crippen LogP contribution in [0, 0.1) is 6.92 Å². The largest absolute Gasteiger partial charge is 0.339 e. The van der Waals surface area contributed by atoms with Crippen molar-refractivity contribution >= 4 is 17.5 Å². The molecule has 132 valence electrons. The van der Waals surface area contributed by atoms with Gasteiger partial charge in [0.1, 0.15) is 0 Å². The van der Waals surface area contributed by atoms with Crippen LogP contribution >= 0.6 is 11.6 Å². The van der Waals surface area contributed by atoms with Gasteiger partial charge in [-0.3, -0.25) is 4.79 Å². The summed E-state index contributed by atoms with van der Waals surface area (Å²) in [5, 5.41) is 4.79. The van der Waals surface area contributed by atoms with Crippen molar-refractivity contribution in [1.82, 2.24) is 15.0 Å². The van der Waals surface area contributed by atoms with Gasteiger partial charge in [0.2, 0.25) is 17.6 Å². The summed E-state index contributed by atoms with van der Waals surface area (Å²) in [5.41, 5.74) is 3.09. The van der Waals surface area contributed by atoms with E-state index in [0.29, 0.717) is 36.2 Å². The van der Waals surface area contributed by atoms with Gasteiger partial charge in [-0.05, 0) is 30.2 Å². The van der Waals surface area contributed by atoms with Gasteiger partial charge in [0.05, 0.1) is 5.92 Å². The van der Waals surface area contributed by atoms with Crippen molar-refractivity contribution in [2.24, 2.45) is 0 Å². The van der Waals surface area contributed by atoms with Crippen LogP contribution in [0.15, 0.2) is 53.1 Å². The van der Waals surface area contributed by atoms with Gasteiger partial charge in [-0.25, -0.2) is 0 Å². The summed E-state index contributed by atoms with van der Waals surface area (Å²) in [6.07, 6.45) is 0.392. The summed E-state index contributed by atoms with van der Waals surface area (Å²) < 4.78 is 5.46. The fourth-order valence-electron chi connectivity index (χ4n) is 3.23. The van der Waals surface area contributed by atoms with Crippen molar-refractivity contribution in [2.45, 2.75) is 25.8 Å². The lowest BCUT2D eigenvalue weighted by atomic mass is 10.1. The summed E-state index contributed by atoms with van der Waals surface area (Å²) in [6, 6.07) is 15.4. The number of hydrogen-bond donors (Lipinski definition) is 0. The quantitative estimate of drug-likeness (QED) is 0.693. The first-order valence-electron chi connectivity index (χ1n) is 8.52. The molecular formula is C20H18ClN3O2. The van der Waals surface area contributed by atoms with Gasteiger partial charge in [0, 0.05) is 30.1 Å². The molecule has 5 nitrogen and oxygen atoms in total. The number of halogens is 1. The van der Waals surface area contributed by atoms with E-state index < -0.39 is 0 Å². The molecule has 1 aliphatic rings. The number of carbonyl (C=O) groups excluding carboxylic acids is 1. The third-order valence-corrected chi connectivity index (χ3v) is 4.93. The van der Waals surface area contributed by atoms with Crippen molar-refractivity contribution in [3.05, 3.63) is 70.6 Å². The Kier molecular flexibility index (Phi) is 4.47. The van der Waals surface area contributed by atoms with Gasteiger partial charge in [-0.15, -0.1) is 0 Å². The van der Waals surface area contributed by atoms with E-state index in [1.54, 1.807) is 0 Å². The average molecular weight is 368 g/mol. The van der Waals surface area contributed by atoms with Crippen molar-refractivity contribution < 1.29 is 9.32 Å². The fourth-order valence-corrected chi connectivity index (χ4v) is 3.36. The van der Waals surface area contributed by atoms with Crippen LogP contribution in [0.25, 0.3) is 11.4 Å². The van der Waals surface area contributed by atoms with Gasteiger partial charge in [0.15, 0.2) is 0 Å². The molecule has 1 fully saturated rings. The smallest absolute Gasteiger partial charge is 0.232 e. The van der Waals surface area contributed by atoms with Crippen LogP contribution in [0.2, 0.25) is 5.02 Å². The highest BCUT2D eigenvalue weighted by molar-refractivity contribution is 6.30. The Balaban J connectivity index is 1.49. The van der Waals surface area contributed by atoms with E-state index in [0.717, 1.165) is 16.7 Å². The number of carbonyl (C=O) groups is 1.